The Balaban J connectivity index is 1.44. The normalized spacial score (nSPS) is 16.1. The molecule has 8 nitrogen and oxygen atoms in total. The molecule has 8 heteroatoms. The predicted octanol–water partition coefficient (Wildman–Crippen LogP) is 4.45. The molecule has 1 atom stereocenters. The van der Waals surface area contributed by atoms with Gasteiger partial charge in [0.05, 0.1) is 17.6 Å². The lowest BCUT2D eigenvalue weighted by Gasteiger charge is -2.35. The van der Waals surface area contributed by atoms with E-state index in [0.29, 0.717) is 29.0 Å². The molecule has 4 heterocycles. The molecule has 0 bridgehead atoms. The van der Waals surface area contributed by atoms with E-state index in [0.717, 1.165) is 37.3 Å². The van der Waals surface area contributed by atoms with E-state index in [9.17, 15) is 4.79 Å². The number of rotatable bonds is 6. The highest BCUT2D eigenvalue weighted by Crippen LogP contribution is 2.31. The van der Waals surface area contributed by atoms with Crippen molar-refractivity contribution in [2.75, 3.05) is 18.4 Å². The standard InChI is InChI=1S/C26H31N7O/c1-4-19(3)31-14-10-20(11-15-31)23-16-24(33(30-23)21-8-6-18(2)7-9-21)29-26(34)22-17-28-32-13-5-12-27-25(22)32/h5-9,12-13,16-17,19-20H,4,10-11,14-15H2,1-3H3,(H,29,34). The first-order chi connectivity index (χ1) is 16.5. The van der Waals surface area contributed by atoms with Crippen LogP contribution < -0.4 is 5.32 Å². The molecule has 1 fully saturated rings. The summed E-state index contributed by atoms with van der Waals surface area (Å²) in [5.41, 5.74) is 4.08. The molecule has 34 heavy (non-hydrogen) atoms. The average Bonchev–Trinajstić information content (AvgIpc) is 3.49. The minimum atomic E-state index is -0.250. The minimum absolute atomic E-state index is 0.250. The number of aryl methyl sites for hydroxylation is 1. The van der Waals surface area contributed by atoms with Gasteiger partial charge in [-0.25, -0.2) is 14.2 Å². The number of hydrogen-bond donors (Lipinski definition) is 1. The summed E-state index contributed by atoms with van der Waals surface area (Å²) in [4.78, 5) is 20.1. The summed E-state index contributed by atoms with van der Waals surface area (Å²) in [6.45, 7) is 8.76. The third-order valence-electron chi connectivity index (χ3n) is 6.93. The van der Waals surface area contributed by atoms with E-state index in [2.05, 4.69) is 53.2 Å². The Morgan fingerprint density at radius 1 is 1.21 bits per heavy atom. The second-order valence-electron chi connectivity index (χ2n) is 9.17. The molecule has 1 aliphatic heterocycles. The van der Waals surface area contributed by atoms with Gasteiger partial charge < -0.3 is 10.2 Å². The number of hydrogen-bond acceptors (Lipinski definition) is 5. The molecule has 1 N–H and O–H groups in total. The third kappa shape index (κ3) is 4.33. The van der Waals surface area contributed by atoms with E-state index in [-0.39, 0.29) is 5.91 Å². The van der Waals surface area contributed by atoms with Crippen LogP contribution in [0.15, 0.2) is 55.0 Å². The SMILES string of the molecule is CCC(C)N1CCC(c2cc(NC(=O)c3cnn4cccnc34)n(-c3ccc(C)cc3)n2)CC1. The van der Waals surface area contributed by atoms with Gasteiger partial charge in [0, 0.05) is 30.4 Å². The summed E-state index contributed by atoms with van der Waals surface area (Å²) < 4.78 is 3.44. The van der Waals surface area contributed by atoms with E-state index in [4.69, 9.17) is 5.10 Å². The predicted molar refractivity (Wildman–Crippen MR) is 133 cm³/mol. The maximum Gasteiger partial charge on any atom is 0.262 e. The molecule has 5 rings (SSSR count). The number of nitrogens with zero attached hydrogens (tertiary/aromatic N) is 6. The molecule has 1 aliphatic rings. The van der Waals surface area contributed by atoms with E-state index >= 15 is 0 Å². The highest BCUT2D eigenvalue weighted by molar-refractivity contribution is 6.07. The minimum Gasteiger partial charge on any atom is -0.306 e. The molecule has 1 unspecified atom stereocenters. The monoisotopic (exact) mass is 457 g/mol. The smallest absolute Gasteiger partial charge is 0.262 e. The van der Waals surface area contributed by atoms with Crippen molar-refractivity contribution in [2.45, 2.75) is 52.0 Å². The van der Waals surface area contributed by atoms with Crippen LogP contribution in [-0.4, -0.2) is 54.3 Å². The number of carbonyl (C=O) groups excluding carboxylic acids is 1. The first-order valence-corrected chi connectivity index (χ1v) is 12.0. The van der Waals surface area contributed by atoms with Crippen molar-refractivity contribution in [2.24, 2.45) is 0 Å². The second-order valence-corrected chi connectivity index (χ2v) is 9.17. The number of benzene rings is 1. The van der Waals surface area contributed by atoms with Crippen LogP contribution in [0.2, 0.25) is 0 Å². The van der Waals surface area contributed by atoms with Crippen molar-refractivity contribution in [3.8, 4) is 5.69 Å². The lowest BCUT2D eigenvalue weighted by molar-refractivity contribution is 0.102. The van der Waals surface area contributed by atoms with Crippen molar-refractivity contribution in [3.63, 3.8) is 0 Å². The highest BCUT2D eigenvalue weighted by Gasteiger charge is 2.26. The van der Waals surface area contributed by atoms with Crippen LogP contribution in [0.4, 0.5) is 5.82 Å². The van der Waals surface area contributed by atoms with Crippen LogP contribution in [0.3, 0.4) is 0 Å². The summed E-state index contributed by atoms with van der Waals surface area (Å²) >= 11 is 0. The third-order valence-corrected chi connectivity index (χ3v) is 6.93. The molecule has 3 aromatic heterocycles. The van der Waals surface area contributed by atoms with Crippen molar-refractivity contribution < 1.29 is 4.79 Å². The van der Waals surface area contributed by atoms with Gasteiger partial charge in [-0.2, -0.15) is 10.2 Å². The van der Waals surface area contributed by atoms with Crippen LogP contribution in [-0.2, 0) is 0 Å². The Morgan fingerprint density at radius 3 is 2.71 bits per heavy atom. The Morgan fingerprint density at radius 2 is 1.97 bits per heavy atom. The Labute approximate surface area is 199 Å². The zero-order valence-electron chi connectivity index (χ0n) is 20.0. The van der Waals surface area contributed by atoms with Gasteiger partial charge in [-0.15, -0.1) is 0 Å². The summed E-state index contributed by atoms with van der Waals surface area (Å²) in [5.74, 6) is 0.782. The summed E-state index contributed by atoms with van der Waals surface area (Å²) in [7, 11) is 0. The Hall–Kier alpha value is -3.52. The van der Waals surface area contributed by atoms with Gasteiger partial charge in [0.15, 0.2) is 5.65 Å². The molecule has 0 radical (unpaired) electrons. The lowest BCUT2D eigenvalue weighted by atomic mass is 9.92. The first kappa shape index (κ1) is 22.3. The number of nitrogens with one attached hydrogen (secondary N) is 1. The summed E-state index contributed by atoms with van der Waals surface area (Å²) in [6.07, 6.45) is 8.30. The fraction of sp³-hybridized carbons (Fsp3) is 0.385. The molecular formula is C26H31N7O. The maximum atomic E-state index is 13.2. The Kier molecular flexibility index (Phi) is 6.15. The Bertz CT molecular complexity index is 1280. The van der Waals surface area contributed by atoms with Gasteiger partial charge in [-0.1, -0.05) is 24.6 Å². The summed E-state index contributed by atoms with van der Waals surface area (Å²) in [6, 6.07) is 12.6. The van der Waals surface area contributed by atoms with E-state index in [1.165, 1.54) is 12.0 Å². The van der Waals surface area contributed by atoms with Crippen LogP contribution in [0.1, 0.15) is 60.6 Å². The molecule has 1 saturated heterocycles. The van der Waals surface area contributed by atoms with E-state index in [1.54, 1.807) is 29.2 Å². The molecule has 176 valence electrons. The van der Waals surface area contributed by atoms with Crippen molar-refractivity contribution in [1.82, 2.24) is 29.3 Å². The van der Waals surface area contributed by atoms with Gasteiger partial charge >= 0.3 is 0 Å². The quantitative estimate of drug-likeness (QED) is 0.463. The molecule has 1 amide bonds. The average molecular weight is 458 g/mol. The van der Waals surface area contributed by atoms with Crippen LogP contribution >= 0.6 is 0 Å². The largest absolute Gasteiger partial charge is 0.306 e. The summed E-state index contributed by atoms with van der Waals surface area (Å²) in [5, 5.41) is 12.3. The highest BCUT2D eigenvalue weighted by atomic mass is 16.1. The lowest BCUT2D eigenvalue weighted by Crippen LogP contribution is -2.39. The number of carbonyl (C=O) groups is 1. The molecular weight excluding hydrogens is 426 g/mol. The van der Waals surface area contributed by atoms with Crippen LogP contribution in [0.5, 0.6) is 0 Å². The topological polar surface area (TPSA) is 80.4 Å². The number of fused-ring (bicyclic) bond motifs is 1. The fourth-order valence-corrected chi connectivity index (χ4v) is 4.64. The number of piperidine rings is 1. The van der Waals surface area contributed by atoms with Gasteiger partial charge in [-0.05, 0) is 64.4 Å². The van der Waals surface area contributed by atoms with Gasteiger partial charge in [0.25, 0.3) is 5.91 Å². The molecule has 0 spiro atoms. The zero-order chi connectivity index (χ0) is 23.7. The number of amides is 1. The first-order valence-electron chi connectivity index (χ1n) is 12.0. The van der Waals surface area contributed by atoms with E-state index < -0.39 is 0 Å². The molecule has 0 saturated carbocycles. The van der Waals surface area contributed by atoms with Crippen LogP contribution in [0.25, 0.3) is 11.3 Å². The van der Waals surface area contributed by atoms with Gasteiger partial charge in [0.1, 0.15) is 11.4 Å². The van der Waals surface area contributed by atoms with Crippen molar-refractivity contribution >= 4 is 17.4 Å². The number of anilines is 1. The molecule has 0 aliphatic carbocycles. The molecule has 4 aromatic rings. The van der Waals surface area contributed by atoms with Gasteiger partial charge in [0.2, 0.25) is 0 Å². The maximum absolute atomic E-state index is 13.2. The van der Waals surface area contributed by atoms with E-state index in [1.807, 2.05) is 22.9 Å². The second kappa shape index (κ2) is 9.38. The van der Waals surface area contributed by atoms with Crippen LogP contribution in [0, 0.1) is 6.92 Å². The zero-order valence-corrected chi connectivity index (χ0v) is 20.0. The fourth-order valence-electron chi connectivity index (χ4n) is 4.64. The number of aromatic nitrogens is 5. The number of likely N-dealkylation sites (tertiary alicyclic amines) is 1. The van der Waals surface area contributed by atoms with Crippen molar-refractivity contribution in [1.29, 1.82) is 0 Å². The van der Waals surface area contributed by atoms with Crippen molar-refractivity contribution in [3.05, 3.63) is 71.8 Å². The molecule has 1 aromatic carbocycles. The van der Waals surface area contributed by atoms with Gasteiger partial charge in [-0.3, -0.25) is 4.79 Å².